The lowest BCUT2D eigenvalue weighted by Gasteiger charge is -2.32. The van der Waals surface area contributed by atoms with Gasteiger partial charge >= 0.3 is 0 Å². The number of nitrogens with one attached hydrogen (secondary N) is 2. The highest BCUT2D eigenvalue weighted by Crippen LogP contribution is 2.36. The average molecular weight is 452 g/mol. The molecule has 0 bridgehead atoms. The number of hydrogen-bond donors (Lipinski definition) is 2. The minimum Gasteiger partial charge on any atom is -0.378 e. The third-order valence-corrected chi connectivity index (χ3v) is 7.68. The molecule has 3 fully saturated rings. The Morgan fingerprint density at radius 1 is 1.03 bits per heavy atom. The van der Waals surface area contributed by atoms with Crippen LogP contribution in [0.4, 0.5) is 17.6 Å². The van der Waals surface area contributed by atoms with Crippen LogP contribution in [-0.2, 0) is 22.4 Å². The molecule has 176 valence electrons. The highest BCUT2D eigenvalue weighted by molar-refractivity contribution is 5.85. The molecule has 0 radical (unpaired) electrons. The smallest absolute Gasteiger partial charge is 0.245 e. The average Bonchev–Trinajstić information content (AvgIpc) is 3.65. The van der Waals surface area contributed by atoms with Gasteiger partial charge in [-0.15, -0.1) is 0 Å². The van der Waals surface area contributed by atoms with Crippen LogP contribution in [-0.4, -0.2) is 69.9 Å². The Kier molecular flexibility index (Phi) is 5.65. The molecule has 2 aromatic rings. The Morgan fingerprint density at radius 2 is 1.88 bits per heavy atom. The van der Waals surface area contributed by atoms with E-state index < -0.39 is 0 Å². The van der Waals surface area contributed by atoms with Crippen molar-refractivity contribution in [3.63, 3.8) is 0 Å². The lowest BCUT2D eigenvalue weighted by atomic mass is 10.0. The molecule has 1 amide bonds. The fraction of sp³-hybridized carbons (Fsp3) is 0.667. The van der Waals surface area contributed by atoms with Gasteiger partial charge in [-0.2, -0.15) is 10.1 Å². The normalized spacial score (nSPS) is 23.3. The third-order valence-electron chi connectivity index (χ3n) is 7.68. The molecule has 4 aliphatic rings. The van der Waals surface area contributed by atoms with Crippen LogP contribution < -0.4 is 10.2 Å². The van der Waals surface area contributed by atoms with Gasteiger partial charge in [0.05, 0.1) is 18.9 Å². The van der Waals surface area contributed by atoms with Gasteiger partial charge in [-0.25, -0.2) is 4.98 Å². The lowest BCUT2D eigenvalue weighted by molar-refractivity contribution is -0.136. The monoisotopic (exact) mass is 451 g/mol. The number of nitrogens with zero attached hydrogens (tertiary/aromatic N) is 5. The Balaban J connectivity index is 1.25. The summed E-state index contributed by atoms with van der Waals surface area (Å²) in [6, 6.07) is 1.95. The summed E-state index contributed by atoms with van der Waals surface area (Å²) in [7, 11) is 0. The Morgan fingerprint density at radius 3 is 2.73 bits per heavy atom. The van der Waals surface area contributed by atoms with Crippen molar-refractivity contribution < 1.29 is 9.53 Å². The predicted octanol–water partition coefficient (Wildman–Crippen LogP) is 2.92. The standard InChI is InChI=1S/C24H33N7O2/c32-23(30-11-13-33-14-12-30)20-9-4-10-31(20)24-25-18-8-3-7-17(18)22(27-24)26-21-15-19(28-29-21)16-5-1-2-6-16/h15-16,20H,1-14H2,(H2,25,26,27,28,29). The number of hydrogen-bond acceptors (Lipinski definition) is 7. The van der Waals surface area contributed by atoms with Gasteiger partial charge in [0.25, 0.3) is 0 Å². The van der Waals surface area contributed by atoms with Gasteiger partial charge in [0.2, 0.25) is 11.9 Å². The minimum absolute atomic E-state index is 0.183. The molecule has 33 heavy (non-hydrogen) atoms. The third kappa shape index (κ3) is 4.07. The largest absolute Gasteiger partial charge is 0.378 e. The molecule has 1 atom stereocenters. The SMILES string of the molecule is O=C(C1CCCN1c1nc2c(c(Nc3cc(C4CCCC4)[nH]n3)n1)CCC2)N1CCOCC1. The summed E-state index contributed by atoms with van der Waals surface area (Å²) in [4.78, 5) is 27.2. The van der Waals surface area contributed by atoms with Crippen molar-refractivity contribution >= 4 is 23.5 Å². The van der Waals surface area contributed by atoms with Crippen LogP contribution in [0.25, 0.3) is 0 Å². The van der Waals surface area contributed by atoms with Crippen LogP contribution in [0.1, 0.15) is 67.8 Å². The maximum Gasteiger partial charge on any atom is 0.245 e. The molecule has 6 rings (SSSR count). The molecule has 4 heterocycles. The van der Waals surface area contributed by atoms with Crippen LogP contribution in [0.5, 0.6) is 0 Å². The first-order valence-corrected chi connectivity index (χ1v) is 12.6. The summed E-state index contributed by atoms with van der Waals surface area (Å²) in [5, 5.41) is 11.3. The van der Waals surface area contributed by atoms with Crippen molar-refractivity contribution in [1.82, 2.24) is 25.1 Å². The van der Waals surface area contributed by atoms with Crippen molar-refractivity contribution in [2.45, 2.75) is 69.7 Å². The summed E-state index contributed by atoms with van der Waals surface area (Å²) in [5.41, 5.74) is 3.52. The van der Waals surface area contributed by atoms with Gasteiger partial charge in [-0.1, -0.05) is 12.8 Å². The van der Waals surface area contributed by atoms with Gasteiger partial charge in [0, 0.05) is 42.9 Å². The van der Waals surface area contributed by atoms with E-state index in [4.69, 9.17) is 14.7 Å². The molecular formula is C24H33N7O2. The maximum absolute atomic E-state index is 13.3. The zero-order chi connectivity index (χ0) is 22.2. The molecule has 0 aromatic carbocycles. The Labute approximate surface area is 194 Å². The molecule has 2 aliphatic carbocycles. The first-order chi connectivity index (χ1) is 16.3. The van der Waals surface area contributed by atoms with Crippen LogP contribution in [0.2, 0.25) is 0 Å². The topological polar surface area (TPSA) is 99.3 Å². The molecule has 1 unspecified atom stereocenters. The molecule has 9 nitrogen and oxygen atoms in total. The summed E-state index contributed by atoms with van der Waals surface area (Å²) in [6.45, 7) is 3.39. The summed E-state index contributed by atoms with van der Waals surface area (Å²) >= 11 is 0. The second-order valence-corrected chi connectivity index (χ2v) is 9.76. The quantitative estimate of drug-likeness (QED) is 0.721. The molecule has 0 spiro atoms. The van der Waals surface area contributed by atoms with Crippen molar-refractivity contribution in [3.05, 3.63) is 23.0 Å². The van der Waals surface area contributed by atoms with Crippen LogP contribution in [0.3, 0.4) is 0 Å². The van der Waals surface area contributed by atoms with E-state index in [9.17, 15) is 4.79 Å². The number of H-pyrrole nitrogens is 1. The number of carbonyl (C=O) groups excluding carboxylic acids is 1. The number of rotatable bonds is 5. The second kappa shape index (κ2) is 8.93. The van der Waals surface area contributed by atoms with Gasteiger partial charge in [0.1, 0.15) is 11.9 Å². The summed E-state index contributed by atoms with van der Waals surface area (Å²) in [5.74, 6) is 3.12. The van der Waals surface area contributed by atoms with Crippen molar-refractivity contribution in [2.24, 2.45) is 0 Å². The number of ether oxygens (including phenoxy) is 1. The first kappa shape index (κ1) is 20.9. The number of anilines is 3. The van der Waals surface area contributed by atoms with Crippen LogP contribution in [0.15, 0.2) is 6.07 Å². The zero-order valence-electron chi connectivity index (χ0n) is 19.2. The van der Waals surface area contributed by atoms with Gasteiger partial charge in [0.15, 0.2) is 5.82 Å². The summed E-state index contributed by atoms with van der Waals surface area (Å²) < 4.78 is 5.43. The van der Waals surface area contributed by atoms with E-state index in [1.54, 1.807) is 0 Å². The van der Waals surface area contributed by atoms with Crippen LogP contribution in [0, 0.1) is 0 Å². The van der Waals surface area contributed by atoms with Gasteiger partial charge in [-0.05, 0) is 44.9 Å². The van der Waals surface area contributed by atoms with E-state index in [-0.39, 0.29) is 11.9 Å². The molecular weight excluding hydrogens is 418 g/mol. The maximum atomic E-state index is 13.3. The molecule has 9 heteroatoms. The molecule has 2 aromatic heterocycles. The second-order valence-electron chi connectivity index (χ2n) is 9.76. The predicted molar refractivity (Wildman–Crippen MR) is 125 cm³/mol. The molecule has 2 saturated heterocycles. The number of fused-ring (bicyclic) bond motifs is 1. The fourth-order valence-corrected chi connectivity index (χ4v) is 5.88. The Bertz CT molecular complexity index is 1010. The van der Waals surface area contributed by atoms with E-state index >= 15 is 0 Å². The number of morpholine rings is 1. The minimum atomic E-state index is -0.185. The number of aromatic nitrogens is 4. The Hall–Kier alpha value is -2.68. The molecule has 2 N–H and O–H groups in total. The number of carbonyl (C=O) groups is 1. The zero-order valence-corrected chi connectivity index (χ0v) is 19.2. The first-order valence-electron chi connectivity index (χ1n) is 12.6. The van der Waals surface area contributed by atoms with Crippen molar-refractivity contribution in [2.75, 3.05) is 43.1 Å². The van der Waals surface area contributed by atoms with Crippen LogP contribution >= 0.6 is 0 Å². The van der Waals surface area contributed by atoms with Crippen molar-refractivity contribution in [3.8, 4) is 0 Å². The summed E-state index contributed by atoms with van der Waals surface area (Å²) in [6.07, 6.45) is 9.94. The van der Waals surface area contributed by atoms with E-state index in [0.29, 0.717) is 38.2 Å². The highest BCUT2D eigenvalue weighted by atomic mass is 16.5. The molecule has 1 saturated carbocycles. The van der Waals surface area contributed by atoms with E-state index in [1.807, 2.05) is 4.90 Å². The van der Waals surface area contributed by atoms with E-state index in [2.05, 4.69) is 26.5 Å². The number of amides is 1. The van der Waals surface area contributed by atoms with E-state index in [0.717, 1.165) is 56.0 Å². The van der Waals surface area contributed by atoms with E-state index in [1.165, 1.54) is 36.9 Å². The number of aryl methyl sites for hydroxylation is 1. The number of aromatic amines is 1. The lowest BCUT2D eigenvalue weighted by Crippen LogP contribution is -2.50. The van der Waals surface area contributed by atoms with Gasteiger partial charge < -0.3 is 19.9 Å². The van der Waals surface area contributed by atoms with Gasteiger partial charge in [-0.3, -0.25) is 9.89 Å². The fourth-order valence-electron chi connectivity index (χ4n) is 5.88. The highest BCUT2D eigenvalue weighted by Gasteiger charge is 2.36. The van der Waals surface area contributed by atoms with Crippen molar-refractivity contribution in [1.29, 1.82) is 0 Å². The molecule has 2 aliphatic heterocycles.